The second-order valence-corrected chi connectivity index (χ2v) is 5.95. The molecule has 0 aliphatic carbocycles. The van der Waals surface area contributed by atoms with E-state index in [1.807, 2.05) is 6.92 Å². The number of ketones is 2. The van der Waals surface area contributed by atoms with Crippen LogP contribution in [-0.4, -0.2) is 34.3 Å². The van der Waals surface area contributed by atoms with Gasteiger partial charge in [0.15, 0.2) is 17.4 Å². The fourth-order valence-electron chi connectivity index (χ4n) is 2.80. The third-order valence-corrected chi connectivity index (χ3v) is 4.25. The van der Waals surface area contributed by atoms with Crippen LogP contribution in [0.4, 0.5) is 0 Å². The van der Waals surface area contributed by atoms with E-state index in [0.29, 0.717) is 6.42 Å². The number of ether oxygens (including phenoxy) is 3. The van der Waals surface area contributed by atoms with Gasteiger partial charge in [-0.2, -0.15) is 0 Å². The Labute approximate surface area is 107 Å². The third-order valence-electron chi connectivity index (χ3n) is 4.25. The van der Waals surface area contributed by atoms with Crippen molar-refractivity contribution in [2.75, 3.05) is 0 Å². The van der Waals surface area contributed by atoms with Crippen molar-refractivity contribution in [2.45, 2.75) is 70.7 Å². The lowest BCUT2D eigenvalue weighted by Gasteiger charge is -2.29. The van der Waals surface area contributed by atoms with Crippen molar-refractivity contribution in [3.8, 4) is 0 Å². The standard InChI is InChI=1S/C13H20O5/c1-8(14)10(3)7-11(4)13(6,16-10)18-12(5,17-11)9(2)15/h7H2,1-6H3/t10-,11?,12-,13+/m0/s1. The van der Waals surface area contributed by atoms with Gasteiger partial charge < -0.3 is 14.2 Å². The predicted molar refractivity (Wildman–Crippen MR) is 62.9 cm³/mol. The zero-order chi connectivity index (χ0) is 14.0. The monoisotopic (exact) mass is 256 g/mol. The molecule has 0 bridgehead atoms. The average Bonchev–Trinajstić information content (AvgIpc) is 2.43. The van der Waals surface area contributed by atoms with Gasteiger partial charge in [0.2, 0.25) is 5.79 Å². The van der Waals surface area contributed by atoms with Crippen molar-refractivity contribution in [1.82, 2.24) is 0 Å². The van der Waals surface area contributed by atoms with Crippen LogP contribution in [0.15, 0.2) is 0 Å². The van der Waals surface area contributed by atoms with Crippen LogP contribution in [0.25, 0.3) is 0 Å². The van der Waals surface area contributed by atoms with Gasteiger partial charge in [-0.25, -0.2) is 0 Å². The number of carbonyl (C=O) groups excluding carboxylic acids is 2. The minimum Gasteiger partial charge on any atom is -0.333 e. The topological polar surface area (TPSA) is 61.8 Å². The Balaban J connectivity index is 2.37. The Morgan fingerprint density at radius 2 is 1.44 bits per heavy atom. The molecule has 5 nitrogen and oxygen atoms in total. The van der Waals surface area contributed by atoms with Gasteiger partial charge in [0.1, 0.15) is 11.2 Å². The summed E-state index contributed by atoms with van der Waals surface area (Å²) < 4.78 is 17.4. The SMILES string of the molecule is CC(=O)[C@@]1(C)OC2(C)C[C@@](C)(C(C)=O)O[C@]2(C)O1. The summed E-state index contributed by atoms with van der Waals surface area (Å²) in [6.45, 7) is 9.74. The summed E-state index contributed by atoms with van der Waals surface area (Å²) in [4.78, 5) is 23.3. The number of carbonyl (C=O) groups is 2. The van der Waals surface area contributed by atoms with Crippen LogP contribution in [0.5, 0.6) is 0 Å². The Hall–Kier alpha value is -0.780. The van der Waals surface area contributed by atoms with Gasteiger partial charge in [-0.3, -0.25) is 9.59 Å². The maximum Gasteiger partial charge on any atom is 0.229 e. The number of rotatable bonds is 2. The van der Waals surface area contributed by atoms with Crippen LogP contribution >= 0.6 is 0 Å². The maximum absolute atomic E-state index is 11.7. The summed E-state index contributed by atoms with van der Waals surface area (Å²) >= 11 is 0. The molecule has 0 radical (unpaired) electrons. The van der Waals surface area contributed by atoms with Gasteiger partial charge in [0.25, 0.3) is 0 Å². The first-order valence-corrected chi connectivity index (χ1v) is 6.09. The Kier molecular flexibility index (Phi) is 2.58. The smallest absolute Gasteiger partial charge is 0.229 e. The molecular weight excluding hydrogens is 236 g/mol. The molecular formula is C13H20O5. The number of Topliss-reactive ketones (excluding diaryl/α,β-unsaturated/α-hetero) is 2. The lowest BCUT2D eigenvalue weighted by molar-refractivity contribution is -0.262. The quantitative estimate of drug-likeness (QED) is 0.750. The highest BCUT2D eigenvalue weighted by molar-refractivity contribution is 5.86. The zero-order valence-electron chi connectivity index (χ0n) is 11.7. The predicted octanol–water partition coefficient (Wildman–Crippen LogP) is 1.58. The van der Waals surface area contributed by atoms with Crippen molar-refractivity contribution in [3.63, 3.8) is 0 Å². The summed E-state index contributed by atoms with van der Waals surface area (Å²) in [6, 6.07) is 0. The molecule has 0 aromatic rings. The number of hydrogen-bond donors (Lipinski definition) is 0. The fraction of sp³-hybridized carbons (Fsp3) is 0.846. The molecule has 0 aromatic carbocycles. The molecule has 4 atom stereocenters. The van der Waals surface area contributed by atoms with Crippen molar-refractivity contribution < 1.29 is 23.8 Å². The van der Waals surface area contributed by atoms with E-state index in [2.05, 4.69) is 0 Å². The number of fused-ring (bicyclic) bond motifs is 1. The van der Waals surface area contributed by atoms with Gasteiger partial charge >= 0.3 is 0 Å². The molecule has 2 rings (SSSR count). The molecule has 0 N–H and O–H groups in total. The van der Waals surface area contributed by atoms with Crippen molar-refractivity contribution in [2.24, 2.45) is 0 Å². The van der Waals surface area contributed by atoms with Crippen molar-refractivity contribution in [1.29, 1.82) is 0 Å². The van der Waals surface area contributed by atoms with E-state index in [9.17, 15) is 9.59 Å². The van der Waals surface area contributed by atoms with E-state index in [1.165, 1.54) is 13.8 Å². The first-order valence-electron chi connectivity index (χ1n) is 6.09. The largest absolute Gasteiger partial charge is 0.333 e. The van der Waals surface area contributed by atoms with Gasteiger partial charge in [0.05, 0.1) is 0 Å². The van der Waals surface area contributed by atoms with Crippen LogP contribution < -0.4 is 0 Å². The van der Waals surface area contributed by atoms with Crippen LogP contribution in [-0.2, 0) is 23.8 Å². The first kappa shape index (κ1) is 13.6. The molecule has 2 aliphatic rings. The Morgan fingerprint density at radius 3 is 1.83 bits per heavy atom. The van der Waals surface area contributed by atoms with Gasteiger partial charge in [-0.05, 0) is 34.6 Å². The molecule has 102 valence electrons. The van der Waals surface area contributed by atoms with Crippen molar-refractivity contribution >= 4 is 11.6 Å². The molecule has 18 heavy (non-hydrogen) atoms. The molecule has 2 saturated heterocycles. The minimum absolute atomic E-state index is 0.0731. The van der Waals surface area contributed by atoms with Gasteiger partial charge in [-0.15, -0.1) is 0 Å². The highest BCUT2D eigenvalue weighted by Gasteiger charge is 2.71. The number of hydrogen-bond acceptors (Lipinski definition) is 5. The summed E-state index contributed by atoms with van der Waals surface area (Å²) in [6.07, 6.45) is 0.370. The van der Waals surface area contributed by atoms with Crippen LogP contribution in [0, 0.1) is 0 Å². The molecule has 0 spiro atoms. The van der Waals surface area contributed by atoms with Gasteiger partial charge in [0, 0.05) is 13.3 Å². The van der Waals surface area contributed by atoms with Crippen molar-refractivity contribution in [3.05, 3.63) is 0 Å². The highest BCUT2D eigenvalue weighted by Crippen LogP contribution is 2.56. The van der Waals surface area contributed by atoms with E-state index in [-0.39, 0.29) is 11.6 Å². The molecule has 1 unspecified atom stereocenters. The highest BCUT2D eigenvalue weighted by atomic mass is 16.9. The molecule has 5 heteroatoms. The summed E-state index contributed by atoms with van der Waals surface area (Å²) in [7, 11) is 0. The third kappa shape index (κ3) is 1.57. The van der Waals surface area contributed by atoms with E-state index in [0.717, 1.165) is 0 Å². The Bertz CT molecular complexity index is 373. The maximum atomic E-state index is 11.7. The van der Waals surface area contributed by atoms with E-state index >= 15 is 0 Å². The lowest BCUT2D eigenvalue weighted by atomic mass is 9.87. The van der Waals surface area contributed by atoms with Crippen LogP contribution in [0.3, 0.4) is 0 Å². The second kappa shape index (κ2) is 3.40. The average molecular weight is 256 g/mol. The first-order chi connectivity index (χ1) is 7.97. The Morgan fingerprint density at radius 1 is 0.889 bits per heavy atom. The lowest BCUT2D eigenvalue weighted by Crippen LogP contribution is -2.44. The van der Waals surface area contributed by atoms with E-state index in [1.54, 1.807) is 20.8 Å². The molecule has 0 saturated carbocycles. The molecule has 2 heterocycles. The molecule has 0 aromatic heterocycles. The second-order valence-electron chi connectivity index (χ2n) is 5.95. The zero-order valence-corrected chi connectivity index (χ0v) is 11.7. The van der Waals surface area contributed by atoms with Crippen LogP contribution in [0.2, 0.25) is 0 Å². The van der Waals surface area contributed by atoms with E-state index in [4.69, 9.17) is 14.2 Å². The van der Waals surface area contributed by atoms with E-state index < -0.39 is 22.8 Å². The minimum atomic E-state index is -1.30. The molecule has 2 aliphatic heterocycles. The summed E-state index contributed by atoms with van der Waals surface area (Å²) in [5, 5.41) is 0. The summed E-state index contributed by atoms with van der Waals surface area (Å²) in [5.41, 5.74) is -1.74. The normalized spacial score (nSPS) is 51.2. The molecule has 2 fully saturated rings. The fourth-order valence-corrected chi connectivity index (χ4v) is 2.80. The van der Waals surface area contributed by atoms with Gasteiger partial charge in [-0.1, -0.05) is 0 Å². The molecule has 0 amide bonds. The summed E-state index contributed by atoms with van der Waals surface area (Å²) in [5.74, 6) is -2.68. The van der Waals surface area contributed by atoms with Crippen LogP contribution in [0.1, 0.15) is 48.0 Å².